The number of hydrogen-bond donors (Lipinski definition) is 1. The average Bonchev–Trinajstić information content (AvgIpc) is 2.89. The summed E-state index contributed by atoms with van der Waals surface area (Å²) in [7, 11) is -3.31. The SMILES string of the molecule is CCn1cc(NC2CCS(=O)(=O)c3ccc(F)cc32)cn1. The van der Waals surface area contributed by atoms with E-state index < -0.39 is 15.7 Å². The molecule has 3 rings (SSSR count). The molecule has 0 saturated heterocycles. The minimum absolute atomic E-state index is 0.0607. The Labute approximate surface area is 122 Å². The summed E-state index contributed by atoms with van der Waals surface area (Å²) in [5.41, 5.74) is 1.29. The maximum absolute atomic E-state index is 13.5. The van der Waals surface area contributed by atoms with E-state index in [1.807, 2.05) is 13.1 Å². The Bertz CT molecular complexity index is 770. The lowest BCUT2D eigenvalue weighted by molar-refractivity contribution is 0.570. The lowest BCUT2D eigenvalue weighted by Gasteiger charge is -2.26. The highest BCUT2D eigenvalue weighted by Gasteiger charge is 2.30. The zero-order valence-corrected chi connectivity index (χ0v) is 12.4. The average molecular weight is 309 g/mol. The molecule has 2 heterocycles. The zero-order valence-electron chi connectivity index (χ0n) is 11.6. The van der Waals surface area contributed by atoms with Gasteiger partial charge in [-0.05, 0) is 37.1 Å². The van der Waals surface area contributed by atoms with E-state index in [0.29, 0.717) is 12.0 Å². The van der Waals surface area contributed by atoms with Crippen molar-refractivity contribution < 1.29 is 12.8 Å². The van der Waals surface area contributed by atoms with E-state index >= 15 is 0 Å². The summed E-state index contributed by atoms with van der Waals surface area (Å²) in [6.07, 6.45) is 3.95. The number of halogens is 1. The Morgan fingerprint density at radius 1 is 1.48 bits per heavy atom. The van der Waals surface area contributed by atoms with Crippen molar-refractivity contribution in [2.45, 2.75) is 30.8 Å². The number of benzene rings is 1. The van der Waals surface area contributed by atoms with E-state index in [4.69, 9.17) is 0 Å². The van der Waals surface area contributed by atoms with Gasteiger partial charge in [-0.3, -0.25) is 4.68 Å². The summed E-state index contributed by atoms with van der Waals surface area (Å²) < 4.78 is 39.4. The van der Waals surface area contributed by atoms with Crippen LogP contribution in [0.1, 0.15) is 24.9 Å². The number of hydrogen-bond acceptors (Lipinski definition) is 4. The molecule has 0 radical (unpaired) electrons. The minimum Gasteiger partial charge on any atom is -0.376 e. The maximum Gasteiger partial charge on any atom is 0.178 e. The fourth-order valence-electron chi connectivity index (χ4n) is 2.58. The molecule has 21 heavy (non-hydrogen) atoms. The Morgan fingerprint density at radius 2 is 2.29 bits per heavy atom. The van der Waals surface area contributed by atoms with Gasteiger partial charge in [-0.25, -0.2) is 12.8 Å². The van der Waals surface area contributed by atoms with Gasteiger partial charge in [0.1, 0.15) is 5.82 Å². The molecular formula is C14H16FN3O2S. The third kappa shape index (κ3) is 2.65. The Hall–Kier alpha value is -1.89. The first-order chi connectivity index (χ1) is 9.99. The molecule has 2 aromatic rings. The molecule has 1 aromatic carbocycles. The summed E-state index contributed by atoms with van der Waals surface area (Å²) in [5.74, 6) is -0.368. The molecule has 1 aromatic heterocycles. The summed E-state index contributed by atoms with van der Waals surface area (Å²) in [6, 6.07) is 3.61. The van der Waals surface area contributed by atoms with Crippen molar-refractivity contribution in [2.24, 2.45) is 0 Å². The molecule has 7 heteroatoms. The fraction of sp³-hybridized carbons (Fsp3) is 0.357. The number of nitrogens with one attached hydrogen (secondary N) is 1. The highest BCUT2D eigenvalue weighted by atomic mass is 32.2. The van der Waals surface area contributed by atoms with Crippen LogP contribution in [0.4, 0.5) is 10.1 Å². The molecule has 5 nitrogen and oxygen atoms in total. The van der Waals surface area contributed by atoms with Crippen molar-refractivity contribution in [3.8, 4) is 0 Å². The molecule has 1 aliphatic heterocycles. The van der Waals surface area contributed by atoms with Crippen LogP contribution in [0.3, 0.4) is 0 Å². The van der Waals surface area contributed by atoms with Crippen LogP contribution in [0, 0.1) is 5.82 Å². The van der Waals surface area contributed by atoms with Gasteiger partial charge >= 0.3 is 0 Å². The van der Waals surface area contributed by atoms with Crippen molar-refractivity contribution in [2.75, 3.05) is 11.1 Å². The van der Waals surface area contributed by atoms with E-state index in [1.54, 1.807) is 10.9 Å². The van der Waals surface area contributed by atoms with Gasteiger partial charge in [0.05, 0.1) is 28.6 Å². The number of anilines is 1. The van der Waals surface area contributed by atoms with Crippen LogP contribution in [0.5, 0.6) is 0 Å². The molecule has 1 atom stereocenters. The normalized spacial score (nSPS) is 20.0. The number of sulfone groups is 1. The molecule has 1 aliphatic rings. The van der Waals surface area contributed by atoms with Gasteiger partial charge in [0.15, 0.2) is 9.84 Å². The third-order valence-electron chi connectivity index (χ3n) is 3.66. The molecule has 0 saturated carbocycles. The predicted octanol–water partition coefficient (Wildman–Crippen LogP) is 2.37. The largest absolute Gasteiger partial charge is 0.376 e. The summed E-state index contributed by atoms with van der Waals surface area (Å²) in [6.45, 7) is 2.74. The van der Waals surface area contributed by atoms with Crippen LogP contribution in [-0.2, 0) is 16.4 Å². The van der Waals surface area contributed by atoms with Gasteiger partial charge in [0.2, 0.25) is 0 Å². The summed E-state index contributed by atoms with van der Waals surface area (Å²) >= 11 is 0. The van der Waals surface area contributed by atoms with E-state index in [1.165, 1.54) is 18.2 Å². The fourth-order valence-corrected chi connectivity index (χ4v) is 4.18. The van der Waals surface area contributed by atoms with Gasteiger partial charge in [0, 0.05) is 12.7 Å². The summed E-state index contributed by atoms with van der Waals surface area (Å²) in [5, 5.41) is 7.41. The second-order valence-electron chi connectivity index (χ2n) is 5.07. The van der Waals surface area contributed by atoms with Crippen LogP contribution in [0.15, 0.2) is 35.5 Å². The highest BCUT2D eigenvalue weighted by molar-refractivity contribution is 7.91. The second kappa shape index (κ2) is 5.14. The van der Waals surface area contributed by atoms with Crippen molar-refractivity contribution in [1.82, 2.24) is 9.78 Å². The van der Waals surface area contributed by atoms with E-state index in [9.17, 15) is 12.8 Å². The van der Waals surface area contributed by atoms with Gasteiger partial charge < -0.3 is 5.32 Å². The first-order valence-corrected chi connectivity index (χ1v) is 8.46. The van der Waals surface area contributed by atoms with Gasteiger partial charge in [-0.15, -0.1) is 0 Å². The zero-order chi connectivity index (χ0) is 15.0. The molecule has 0 fully saturated rings. The molecule has 0 spiro atoms. The van der Waals surface area contributed by atoms with Crippen molar-refractivity contribution in [3.05, 3.63) is 42.0 Å². The number of nitrogens with zero attached hydrogens (tertiary/aromatic N) is 2. The molecule has 0 bridgehead atoms. The van der Waals surface area contributed by atoms with Gasteiger partial charge in [-0.1, -0.05) is 0 Å². The number of aryl methyl sites for hydroxylation is 1. The standard InChI is InChI=1S/C14H16FN3O2S/c1-2-18-9-11(8-16-18)17-13-5-6-21(19,20)14-4-3-10(15)7-12(13)14/h3-4,7-9,13,17H,2,5-6H2,1H3. The van der Waals surface area contributed by atoms with Crippen LogP contribution in [-0.4, -0.2) is 24.0 Å². The van der Waals surface area contributed by atoms with Crippen molar-refractivity contribution in [1.29, 1.82) is 0 Å². The first-order valence-electron chi connectivity index (χ1n) is 6.81. The van der Waals surface area contributed by atoms with Crippen LogP contribution >= 0.6 is 0 Å². The maximum atomic E-state index is 13.5. The van der Waals surface area contributed by atoms with Crippen molar-refractivity contribution >= 4 is 15.5 Å². The lowest BCUT2D eigenvalue weighted by atomic mass is 10.0. The third-order valence-corrected chi connectivity index (χ3v) is 5.47. The van der Waals surface area contributed by atoms with Crippen LogP contribution < -0.4 is 5.32 Å². The number of aromatic nitrogens is 2. The van der Waals surface area contributed by atoms with E-state index in [-0.39, 0.29) is 16.7 Å². The van der Waals surface area contributed by atoms with Crippen LogP contribution in [0.2, 0.25) is 0 Å². The summed E-state index contributed by atoms with van der Waals surface area (Å²) in [4.78, 5) is 0.218. The van der Waals surface area contributed by atoms with Crippen molar-refractivity contribution in [3.63, 3.8) is 0 Å². The first kappa shape index (κ1) is 14.1. The monoisotopic (exact) mass is 309 g/mol. The Morgan fingerprint density at radius 3 is 3.00 bits per heavy atom. The lowest BCUT2D eigenvalue weighted by Crippen LogP contribution is -2.24. The second-order valence-corrected chi connectivity index (χ2v) is 7.15. The number of rotatable bonds is 3. The van der Waals surface area contributed by atoms with Crippen LogP contribution in [0.25, 0.3) is 0 Å². The molecule has 1 N–H and O–H groups in total. The molecule has 0 aliphatic carbocycles. The van der Waals surface area contributed by atoms with E-state index in [2.05, 4.69) is 10.4 Å². The highest BCUT2D eigenvalue weighted by Crippen LogP contribution is 2.34. The predicted molar refractivity (Wildman–Crippen MR) is 77.3 cm³/mol. The Kier molecular flexibility index (Phi) is 3.44. The minimum atomic E-state index is -3.31. The van der Waals surface area contributed by atoms with Gasteiger partial charge in [0.25, 0.3) is 0 Å². The topological polar surface area (TPSA) is 64.0 Å². The smallest absolute Gasteiger partial charge is 0.178 e. The molecule has 1 unspecified atom stereocenters. The Balaban J connectivity index is 1.96. The van der Waals surface area contributed by atoms with Gasteiger partial charge in [-0.2, -0.15) is 5.10 Å². The van der Waals surface area contributed by atoms with E-state index in [0.717, 1.165) is 12.2 Å². The molecule has 0 amide bonds. The molecular weight excluding hydrogens is 293 g/mol. The quantitative estimate of drug-likeness (QED) is 0.884. The molecule has 112 valence electrons. The number of fused-ring (bicyclic) bond motifs is 1.